The van der Waals surface area contributed by atoms with Gasteiger partial charge >= 0.3 is 5.97 Å². The number of anilines is 1. The van der Waals surface area contributed by atoms with Gasteiger partial charge in [0.2, 0.25) is 5.88 Å². The maximum Gasteiger partial charge on any atom is 0.331 e. The van der Waals surface area contributed by atoms with E-state index in [-0.39, 0.29) is 11.8 Å². The van der Waals surface area contributed by atoms with Crippen molar-refractivity contribution in [3.05, 3.63) is 36.3 Å². The average Bonchev–Trinajstić information content (AvgIpc) is 2.95. The summed E-state index contributed by atoms with van der Waals surface area (Å²) < 4.78 is 6.73. The standard InChI is InChI=1S/C16H20N4O4/c1-10(2)24-13-7-5-6-12(19-13)14(21)18-11-8-17-20(9-11)16(3,4)15(22)23/h5-10H,1-4H3,(H,18,21)(H,22,23). The number of hydrogen-bond acceptors (Lipinski definition) is 5. The highest BCUT2D eigenvalue weighted by molar-refractivity contribution is 6.02. The summed E-state index contributed by atoms with van der Waals surface area (Å²) in [4.78, 5) is 27.6. The molecule has 2 heterocycles. The van der Waals surface area contributed by atoms with Crippen molar-refractivity contribution in [3.8, 4) is 5.88 Å². The molecule has 24 heavy (non-hydrogen) atoms. The number of hydrogen-bond donors (Lipinski definition) is 2. The third-order valence-corrected chi connectivity index (χ3v) is 3.25. The van der Waals surface area contributed by atoms with E-state index in [4.69, 9.17) is 4.74 Å². The Morgan fingerprint density at radius 3 is 2.67 bits per heavy atom. The number of aromatic nitrogens is 3. The van der Waals surface area contributed by atoms with Crippen LogP contribution in [0.25, 0.3) is 0 Å². The maximum atomic E-state index is 12.3. The van der Waals surface area contributed by atoms with Crippen molar-refractivity contribution in [2.75, 3.05) is 5.32 Å². The highest BCUT2D eigenvalue weighted by Crippen LogP contribution is 2.18. The van der Waals surface area contributed by atoms with Crippen LogP contribution in [-0.4, -0.2) is 37.9 Å². The molecule has 2 aromatic rings. The van der Waals surface area contributed by atoms with Gasteiger partial charge in [0.1, 0.15) is 5.69 Å². The fourth-order valence-corrected chi connectivity index (χ4v) is 1.83. The predicted octanol–water partition coefficient (Wildman–Crippen LogP) is 2.14. The van der Waals surface area contributed by atoms with Crippen LogP contribution in [0.2, 0.25) is 0 Å². The number of carbonyl (C=O) groups excluding carboxylic acids is 1. The summed E-state index contributed by atoms with van der Waals surface area (Å²) in [5, 5.41) is 15.8. The van der Waals surface area contributed by atoms with Gasteiger partial charge in [0.05, 0.1) is 18.0 Å². The van der Waals surface area contributed by atoms with Crippen LogP contribution in [0.3, 0.4) is 0 Å². The monoisotopic (exact) mass is 332 g/mol. The van der Waals surface area contributed by atoms with Crippen LogP contribution in [-0.2, 0) is 10.3 Å². The molecule has 8 nitrogen and oxygen atoms in total. The molecule has 0 aliphatic carbocycles. The molecule has 0 spiro atoms. The molecule has 0 unspecified atom stereocenters. The summed E-state index contributed by atoms with van der Waals surface area (Å²) in [7, 11) is 0. The number of nitrogens with zero attached hydrogens (tertiary/aromatic N) is 3. The van der Waals surface area contributed by atoms with Crippen molar-refractivity contribution in [2.24, 2.45) is 0 Å². The van der Waals surface area contributed by atoms with E-state index in [1.54, 1.807) is 18.2 Å². The Morgan fingerprint density at radius 2 is 2.04 bits per heavy atom. The van der Waals surface area contributed by atoms with Crippen LogP contribution in [0.1, 0.15) is 38.2 Å². The molecule has 0 aliphatic rings. The predicted molar refractivity (Wildman–Crippen MR) is 87.1 cm³/mol. The summed E-state index contributed by atoms with van der Waals surface area (Å²) in [6.07, 6.45) is 2.80. The minimum Gasteiger partial charge on any atom is -0.479 e. The van der Waals surface area contributed by atoms with E-state index in [9.17, 15) is 14.7 Å². The maximum absolute atomic E-state index is 12.3. The molecule has 0 saturated heterocycles. The van der Waals surface area contributed by atoms with E-state index in [1.807, 2.05) is 13.8 Å². The minimum atomic E-state index is -1.22. The Kier molecular flexibility index (Phi) is 4.87. The van der Waals surface area contributed by atoms with E-state index >= 15 is 0 Å². The zero-order valence-corrected chi connectivity index (χ0v) is 14.0. The molecule has 2 aromatic heterocycles. The van der Waals surface area contributed by atoms with Crippen molar-refractivity contribution in [1.82, 2.24) is 14.8 Å². The molecule has 0 fully saturated rings. The highest BCUT2D eigenvalue weighted by atomic mass is 16.5. The van der Waals surface area contributed by atoms with Crippen LogP contribution < -0.4 is 10.1 Å². The molecule has 0 saturated carbocycles. The molecule has 0 bridgehead atoms. The zero-order chi connectivity index (χ0) is 17.9. The van der Waals surface area contributed by atoms with Gasteiger partial charge in [0.15, 0.2) is 5.54 Å². The van der Waals surface area contributed by atoms with Crippen molar-refractivity contribution >= 4 is 17.6 Å². The minimum absolute atomic E-state index is 0.0488. The third-order valence-electron chi connectivity index (χ3n) is 3.25. The van der Waals surface area contributed by atoms with Gasteiger partial charge in [-0.3, -0.25) is 9.48 Å². The fraction of sp³-hybridized carbons (Fsp3) is 0.375. The number of rotatable bonds is 6. The number of carboxylic acids is 1. The lowest BCUT2D eigenvalue weighted by molar-refractivity contribution is -0.146. The number of amides is 1. The molecule has 2 N–H and O–H groups in total. The van der Waals surface area contributed by atoms with Crippen LogP contribution in [0, 0.1) is 0 Å². The SMILES string of the molecule is CC(C)Oc1cccc(C(=O)Nc2cnn(C(C)(C)C(=O)O)c2)n1. The Morgan fingerprint density at radius 1 is 1.33 bits per heavy atom. The Hall–Kier alpha value is -2.90. The normalized spacial score (nSPS) is 11.4. The molecule has 0 aliphatic heterocycles. The first-order valence-corrected chi connectivity index (χ1v) is 7.43. The lowest BCUT2D eigenvalue weighted by Gasteiger charge is -2.19. The van der Waals surface area contributed by atoms with Gasteiger partial charge in [0.25, 0.3) is 5.91 Å². The fourth-order valence-electron chi connectivity index (χ4n) is 1.83. The summed E-state index contributed by atoms with van der Waals surface area (Å²) in [5.74, 6) is -1.10. The molecular formula is C16H20N4O4. The van der Waals surface area contributed by atoms with Gasteiger partial charge in [-0.2, -0.15) is 5.10 Å². The van der Waals surface area contributed by atoms with Crippen molar-refractivity contribution in [2.45, 2.75) is 39.3 Å². The Bertz CT molecular complexity index is 752. The molecular weight excluding hydrogens is 312 g/mol. The smallest absolute Gasteiger partial charge is 0.331 e. The number of aliphatic carboxylic acids is 1. The van der Waals surface area contributed by atoms with E-state index in [0.29, 0.717) is 11.6 Å². The second-order valence-corrected chi connectivity index (χ2v) is 6.02. The Balaban J connectivity index is 2.13. The summed E-state index contributed by atoms with van der Waals surface area (Å²) in [5.41, 5.74) is -0.642. The van der Waals surface area contributed by atoms with E-state index in [2.05, 4.69) is 15.4 Å². The summed E-state index contributed by atoms with van der Waals surface area (Å²) in [6.45, 7) is 6.77. The lowest BCUT2D eigenvalue weighted by Crippen LogP contribution is -2.35. The number of pyridine rings is 1. The second kappa shape index (κ2) is 6.69. The molecule has 1 amide bonds. The van der Waals surface area contributed by atoms with Crippen molar-refractivity contribution in [1.29, 1.82) is 0 Å². The highest BCUT2D eigenvalue weighted by Gasteiger charge is 2.30. The van der Waals surface area contributed by atoms with Gasteiger partial charge in [-0.1, -0.05) is 6.07 Å². The topological polar surface area (TPSA) is 106 Å². The first-order valence-electron chi connectivity index (χ1n) is 7.43. The average molecular weight is 332 g/mol. The van der Waals surface area contributed by atoms with E-state index in [0.717, 1.165) is 0 Å². The van der Waals surface area contributed by atoms with E-state index < -0.39 is 17.4 Å². The van der Waals surface area contributed by atoms with Crippen LogP contribution in [0.5, 0.6) is 5.88 Å². The van der Waals surface area contributed by atoms with Crippen molar-refractivity contribution < 1.29 is 19.4 Å². The summed E-state index contributed by atoms with van der Waals surface area (Å²) >= 11 is 0. The van der Waals surface area contributed by atoms with Gasteiger partial charge in [-0.15, -0.1) is 0 Å². The number of carbonyl (C=O) groups is 2. The first kappa shape index (κ1) is 17.5. The van der Waals surface area contributed by atoms with Crippen molar-refractivity contribution in [3.63, 3.8) is 0 Å². The zero-order valence-electron chi connectivity index (χ0n) is 14.0. The summed E-state index contributed by atoms with van der Waals surface area (Å²) in [6, 6.07) is 4.91. The van der Waals surface area contributed by atoms with E-state index in [1.165, 1.54) is 30.9 Å². The number of ether oxygens (including phenoxy) is 1. The molecule has 2 rings (SSSR count). The molecule has 8 heteroatoms. The quantitative estimate of drug-likeness (QED) is 0.839. The van der Waals surface area contributed by atoms with Gasteiger partial charge in [0, 0.05) is 12.3 Å². The second-order valence-electron chi connectivity index (χ2n) is 6.02. The van der Waals surface area contributed by atoms with Crippen LogP contribution in [0.4, 0.5) is 5.69 Å². The van der Waals surface area contributed by atoms with Gasteiger partial charge < -0.3 is 15.2 Å². The van der Waals surface area contributed by atoms with Crippen LogP contribution >= 0.6 is 0 Å². The largest absolute Gasteiger partial charge is 0.479 e. The first-order chi connectivity index (χ1) is 11.2. The number of carboxylic acid groups (broad SMARTS) is 1. The third kappa shape index (κ3) is 3.89. The molecule has 0 aromatic carbocycles. The van der Waals surface area contributed by atoms with Gasteiger partial charge in [-0.05, 0) is 33.8 Å². The lowest BCUT2D eigenvalue weighted by atomic mass is 10.1. The van der Waals surface area contributed by atoms with Crippen LogP contribution in [0.15, 0.2) is 30.6 Å². The molecule has 128 valence electrons. The Labute approximate surface area is 139 Å². The molecule has 0 atom stereocenters. The molecule has 0 radical (unpaired) electrons. The van der Waals surface area contributed by atoms with Gasteiger partial charge in [-0.25, -0.2) is 9.78 Å². The number of nitrogens with one attached hydrogen (secondary N) is 1.